The molecule has 0 aliphatic heterocycles. The van der Waals surface area contributed by atoms with E-state index in [0.717, 1.165) is 16.9 Å². The van der Waals surface area contributed by atoms with Gasteiger partial charge in [-0.3, -0.25) is 0 Å². The fourth-order valence-corrected chi connectivity index (χ4v) is 1.62. The molecule has 0 fully saturated rings. The Bertz CT molecular complexity index is 447. The lowest BCUT2D eigenvalue weighted by Gasteiger charge is -1.97. The minimum absolute atomic E-state index is 0.432. The van der Waals surface area contributed by atoms with Crippen molar-refractivity contribution in [3.8, 4) is 0 Å². The van der Waals surface area contributed by atoms with Crippen LogP contribution in [0.5, 0.6) is 0 Å². The molecule has 0 unspecified atom stereocenters. The molecule has 2 rings (SSSR count). The summed E-state index contributed by atoms with van der Waals surface area (Å²) in [6.45, 7) is 0.432. The van der Waals surface area contributed by atoms with Crippen molar-refractivity contribution < 1.29 is 0 Å². The largest absolute Gasteiger partial charge is 0.330 e. The maximum atomic E-state index is 5.98. The van der Waals surface area contributed by atoms with E-state index in [1.807, 2.05) is 29.8 Å². The van der Waals surface area contributed by atoms with Gasteiger partial charge in [0.05, 0.1) is 17.1 Å². The molecule has 4 heteroatoms. The number of para-hydroxylation sites is 1. The Morgan fingerprint density at radius 1 is 1.54 bits per heavy atom. The van der Waals surface area contributed by atoms with Crippen LogP contribution < -0.4 is 5.73 Å². The van der Waals surface area contributed by atoms with E-state index in [9.17, 15) is 0 Å². The standard InChI is InChI=1S/C9H10ClN3/c1-13-7-4-2-3-6(10)9(7)12-8(13)5-11/h2-4H,5,11H2,1H3. The Kier molecular flexibility index (Phi) is 1.98. The van der Waals surface area contributed by atoms with Crippen molar-refractivity contribution in [1.82, 2.24) is 9.55 Å². The molecule has 0 aliphatic rings. The van der Waals surface area contributed by atoms with Crippen LogP contribution in [0.2, 0.25) is 5.02 Å². The first-order valence-corrected chi connectivity index (χ1v) is 4.41. The normalized spacial score (nSPS) is 11.0. The van der Waals surface area contributed by atoms with E-state index >= 15 is 0 Å². The van der Waals surface area contributed by atoms with E-state index < -0.39 is 0 Å². The van der Waals surface area contributed by atoms with Gasteiger partial charge < -0.3 is 10.3 Å². The zero-order valence-electron chi connectivity index (χ0n) is 7.29. The van der Waals surface area contributed by atoms with Crippen molar-refractivity contribution in [2.45, 2.75) is 6.54 Å². The summed E-state index contributed by atoms with van der Waals surface area (Å²) in [6, 6.07) is 5.72. The number of hydrogen-bond donors (Lipinski definition) is 1. The van der Waals surface area contributed by atoms with Crippen LogP contribution in [0.4, 0.5) is 0 Å². The van der Waals surface area contributed by atoms with E-state index in [4.69, 9.17) is 17.3 Å². The van der Waals surface area contributed by atoms with Crippen LogP contribution in [0.15, 0.2) is 18.2 Å². The van der Waals surface area contributed by atoms with Gasteiger partial charge in [0.25, 0.3) is 0 Å². The highest BCUT2D eigenvalue weighted by Crippen LogP contribution is 2.22. The van der Waals surface area contributed by atoms with Gasteiger partial charge in [-0.15, -0.1) is 0 Å². The summed E-state index contributed by atoms with van der Waals surface area (Å²) in [5, 5.41) is 0.674. The Hall–Kier alpha value is -1.06. The van der Waals surface area contributed by atoms with Crippen LogP contribution in [0, 0.1) is 0 Å². The number of halogens is 1. The third-order valence-corrected chi connectivity index (χ3v) is 2.44. The summed E-state index contributed by atoms with van der Waals surface area (Å²) in [5.74, 6) is 0.850. The van der Waals surface area contributed by atoms with Gasteiger partial charge in [0.1, 0.15) is 11.3 Å². The van der Waals surface area contributed by atoms with Crippen molar-refractivity contribution in [3.63, 3.8) is 0 Å². The molecule has 0 amide bonds. The number of nitrogens with two attached hydrogens (primary N) is 1. The summed E-state index contributed by atoms with van der Waals surface area (Å²) >= 11 is 5.98. The predicted molar refractivity (Wildman–Crippen MR) is 53.6 cm³/mol. The van der Waals surface area contributed by atoms with E-state index in [1.165, 1.54) is 0 Å². The van der Waals surface area contributed by atoms with Gasteiger partial charge in [0.15, 0.2) is 0 Å². The number of benzene rings is 1. The number of nitrogens with zero attached hydrogens (tertiary/aromatic N) is 2. The average molecular weight is 196 g/mol. The molecule has 68 valence electrons. The smallest absolute Gasteiger partial charge is 0.123 e. The first-order valence-electron chi connectivity index (χ1n) is 4.04. The Morgan fingerprint density at radius 3 is 2.92 bits per heavy atom. The Labute approximate surface area is 81.1 Å². The van der Waals surface area contributed by atoms with Crippen molar-refractivity contribution in [2.75, 3.05) is 0 Å². The zero-order chi connectivity index (χ0) is 9.42. The fraction of sp³-hybridized carbons (Fsp3) is 0.222. The summed E-state index contributed by atoms with van der Waals surface area (Å²) in [6.07, 6.45) is 0. The molecule has 0 spiro atoms. The summed E-state index contributed by atoms with van der Waals surface area (Å²) in [4.78, 5) is 4.34. The van der Waals surface area contributed by atoms with Crippen LogP contribution in [-0.4, -0.2) is 9.55 Å². The number of aromatic nitrogens is 2. The Balaban J connectivity index is 2.83. The maximum absolute atomic E-state index is 5.98. The second kappa shape index (κ2) is 3.01. The van der Waals surface area contributed by atoms with Gasteiger partial charge in [0, 0.05) is 7.05 Å². The van der Waals surface area contributed by atoms with Gasteiger partial charge in [-0.1, -0.05) is 17.7 Å². The van der Waals surface area contributed by atoms with Crippen molar-refractivity contribution in [3.05, 3.63) is 29.0 Å². The molecular formula is C9H10ClN3. The molecule has 0 saturated heterocycles. The van der Waals surface area contributed by atoms with Crippen LogP contribution in [0.25, 0.3) is 11.0 Å². The summed E-state index contributed by atoms with van der Waals surface area (Å²) in [5.41, 5.74) is 7.39. The highest BCUT2D eigenvalue weighted by Gasteiger charge is 2.07. The number of aryl methyl sites for hydroxylation is 1. The topological polar surface area (TPSA) is 43.8 Å². The molecule has 0 radical (unpaired) electrons. The first-order chi connectivity index (χ1) is 6.24. The molecule has 13 heavy (non-hydrogen) atoms. The second-order valence-electron chi connectivity index (χ2n) is 2.90. The number of rotatable bonds is 1. The van der Waals surface area contributed by atoms with Crippen LogP contribution >= 0.6 is 11.6 Å². The highest BCUT2D eigenvalue weighted by atomic mass is 35.5. The third kappa shape index (κ3) is 1.20. The predicted octanol–water partition coefficient (Wildman–Crippen LogP) is 1.69. The highest BCUT2D eigenvalue weighted by molar-refractivity contribution is 6.34. The van der Waals surface area contributed by atoms with E-state index in [-0.39, 0.29) is 0 Å². The van der Waals surface area contributed by atoms with E-state index in [0.29, 0.717) is 11.6 Å². The quantitative estimate of drug-likeness (QED) is 0.753. The van der Waals surface area contributed by atoms with Gasteiger partial charge in [0.2, 0.25) is 0 Å². The van der Waals surface area contributed by atoms with Gasteiger partial charge in [-0.05, 0) is 12.1 Å². The van der Waals surface area contributed by atoms with Crippen LogP contribution in [0.1, 0.15) is 5.82 Å². The van der Waals surface area contributed by atoms with Crippen molar-refractivity contribution in [1.29, 1.82) is 0 Å². The third-order valence-electron chi connectivity index (χ3n) is 2.14. The first kappa shape index (κ1) is 8.53. The van der Waals surface area contributed by atoms with Crippen molar-refractivity contribution in [2.24, 2.45) is 12.8 Å². The van der Waals surface area contributed by atoms with Gasteiger partial charge in [-0.2, -0.15) is 0 Å². The summed E-state index contributed by atoms with van der Waals surface area (Å²) in [7, 11) is 1.94. The molecule has 2 aromatic rings. The summed E-state index contributed by atoms with van der Waals surface area (Å²) < 4.78 is 1.96. The van der Waals surface area contributed by atoms with Gasteiger partial charge in [-0.25, -0.2) is 4.98 Å². The molecule has 0 bridgehead atoms. The maximum Gasteiger partial charge on any atom is 0.123 e. The SMILES string of the molecule is Cn1c(CN)nc2c(Cl)cccc21. The molecule has 1 heterocycles. The zero-order valence-corrected chi connectivity index (χ0v) is 8.04. The molecule has 2 N–H and O–H groups in total. The van der Waals surface area contributed by atoms with Crippen LogP contribution in [0.3, 0.4) is 0 Å². The minimum atomic E-state index is 0.432. The lowest BCUT2D eigenvalue weighted by atomic mass is 10.3. The molecule has 1 aromatic heterocycles. The average Bonchev–Trinajstić information content (AvgIpc) is 2.45. The monoisotopic (exact) mass is 195 g/mol. The molecule has 1 aromatic carbocycles. The molecule has 3 nitrogen and oxygen atoms in total. The number of imidazole rings is 1. The molecule has 0 aliphatic carbocycles. The number of fused-ring (bicyclic) bond motifs is 1. The van der Waals surface area contributed by atoms with E-state index in [1.54, 1.807) is 0 Å². The molecule has 0 atom stereocenters. The fourth-order valence-electron chi connectivity index (χ4n) is 1.41. The second-order valence-corrected chi connectivity index (χ2v) is 3.31. The Morgan fingerprint density at radius 2 is 2.31 bits per heavy atom. The minimum Gasteiger partial charge on any atom is -0.330 e. The van der Waals surface area contributed by atoms with E-state index in [2.05, 4.69) is 4.98 Å². The van der Waals surface area contributed by atoms with Gasteiger partial charge >= 0.3 is 0 Å². The van der Waals surface area contributed by atoms with Crippen LogP contribution in [-0.2, 0) is 13.6 Å². The number of hydrogen-bond acceptors (Lipinski definition) is 2. The van der Waals surface area contributed by atoms with Crippen molar-refractivity contribution >= 4 is 22.6 Å². The lowest BCUT2D eigenvalue weighted by Crippen LogP contribution is -2.04. The lowest BCUT2D eigenvalue weighted by molar-refractivity contribution is 0.813. The molecular weight excluding hydrogens is 186 g/mol. The molecule has 0 saturated carbocycles.